The van der Waals surface area contributed by atoms with Gasteiger partial charge in [-0.3, -0.25) is 0 Å². The third-order valence-corrected chi connectivity index (χ3v) is 2.63. The fraction of sp³-hybridized carbons (Fsp3) is 0.455. The third-order valence-electron chi connectivity index (χ3n) is 2.63. The Balaban J connectivity index is 3.14. The largest absolute Gasteiger partial charge is 0.465 e. The Morgan fingerprint density at radius 3 is 2.88 bits per heavy atom. The molecule has 0 fully saturated rings. The quantitative estimate of drug-likeness (QED) is 0.733. The molecular weight excluding hydrogens is 222 g/mol. The molecule has 1 rings (SSSR count). The summed E-state index contributed by atoms with van der Waals surface area (Å²) in [6.07, 6.45) is 1.48. The number of nitrogen functional groups attached to an aromatic ring is 1. The van der Waals surface area contributed by atoms with Crippen molar-refractivity contribution in [2.75, 3.05) is 31.4 Å². The maximum Gasteiger partial charge on any atom is 0.340 e. The van der Waals surface area contributed by atoms with Gasteiger partial charge in [-0.25, -0.2) is 9.78 Å². The average Bonchev–Trinajstić information content (AvgIpc) is 2.36. The van der Waals surface area contributed by atoms with Gasteiger partial charge in [-0.2, -0.15) is 0 Å². The van der Waals surface area contributed by atoms with E-state index in [1.165, 1.54) is 19.4 Å². The zero-order chi connectivity index (χ0) is 13.0. The van der Waals surface area contributed by atoms with Gasteiger partial charge in [0.05, 0.1) is 31.0 Å². The topological polar surface area (TPSA) is 88.7 Å². The lowest BCUT2D eigenvalue weighted by Gasteiger charge is -2.25. The summed E-state index contributed by atoms with van der Waals surface area (Å²) in [4.78, 5) is 17.3. The molecule has 1 aromatic rings. The van der Waals surface area contributed by atoms with E-state index in [1.807, 2.05) is 6.92 Å². The summed E-state index contributed by atoms with van der Waals surface area (Å²) >= 11 is 0. The minimum atomic E-state index is -0.504. The lowest BCUT2D eigenvalue weighted by atomic mass is 10.2. The Labute approximate surface area is 100 Å². The molecule has 0 aliphatic heterocycles. The zero-order valence-corrected chi connectivity index (χ0v) is 10.2. The summed E-state index contributed by atoms with van der Waals surface area (Å²) < 4.78 is 4.62. The third kappa shape index (κ3) is 2.65. The number of aliphatic hydroxyl groups is 1. The molecule has 6 nitrogen and oxygen atoms in total. The monoisotopic (exact) mass is 239 g/mol. The van der Waals surface area contributed by atoms with Gasteiger partial charge >= 0.3 is 5.97 Å². The molecule has 0 aliphatic carbocycles. The molecule has 1 atom stereocenters. The lowest BCUT2D eigenvalue weighted by Crippen LogP contribution is -2.33. The normalized spacial score (nSPS) is 12.0. The molecule has 0 spiro atoms. The Morgan fingerprint density at radius 1 is 1.71 bits per heavy atom. The standard InChI is InChI=1S/C11H17N3O3/c1-7(6-15)14(2)10-9(12)8(4-5-13-10)11(16)17-3/h4-5,7,15H,6,12H2,1-3H3. The summed E-state index contributed by atoms with van der Waals surface area (Å²) in [6.45, 7) is 1.80. The number of methoxy groups -OCH3 is 1. The highest BCUT2D eigenvalue weighted by molar-refractivity contribution is 5.97. The summed E-state index contributed by atoms with van der Waals surface area (Å²) in [5.41, 5.74) is 6.39. The maximum atomic E-state index is 11.5. The summed E-state index contributed by atoms with van der Waals surface area (Å²) in [7, 11) is 3.04. The number of esters is 1. The number of hydrogen-bond acceptors (Lipinski definition) is 6. The van der Waals surface area contributed by atoms with Crippen molar-refractivity contribution < 1.29 is 14.6 Å². The lowest BCUT2D eigenvalue weighted by molar-refractivity contribution is 0.0602. The molecule has 0 amide bonds. The second-order valence-electron chi connectivity index (χ2n) is 3.73. The Bertz CT molecular complexity index is 409. The van der Waals surface area contributed by atoms with E-state index in [0.29, 0.717) is 5.82 Å². The highest BCUT2D eigenvalue weighted by atomic mass is 16.5. The number of nitrogens with zero attached hydrogens (tertiary/aromatic N) is 2. The van der Waals surface area contributed by atoms with Gasteiger partial charge in [-0.15, -0.1) is 0 Å². The summed E-state index contributed by atoms with van der Waals surface area (Å²) in [5.74, 6) is -0.0503. The van der Waals surface area contributed by atoms with E-state index in [-0.39, 0.29) is 23.9 Å². The van der Waals surface area contributed by atoms with Crippen LogP contribution in [0.4, 0.5) is 11.5 Å². The van der Waals surface area contributed by atoms with Crippen molar-refractivity contribution in [3.05, 3.63) is 17.8 Å². The van der Waals surface area contributed by atoms with E-state index in [4.69, 9.17) is 10.8 Å². The molecule has 6 heteroatoms. The maximum absolute atomic E-state index is 11.5. The molecule has 1 unspecified atom stereocenters. The molecule has 0 saturated carbocycles. The predicted molar refractivity (Wildman–Crippen MR) is 64.9 cm³/mol. The van der Waals surface area contributed by atoms with Crippen LogP contribution in [0.25, 0.3) is 0 Å². The Morgan fingerprint density at radius 2 is 2.35 bits per heavy atom. The van der Waals surface area contributed by atoms with E-state index >= 15 is 0 Å². The molecule has 0 saturated heterocycles. The molecule has 94 valence electrons. The van der Waals surface area contributed by atoms with Crippen molar-refractivity contribution in [2.24, 2.45) is 0 Å². The molecule has 1 heterocycles. The first kappa shape index (κ1) is 13.2. The average molecular weight is 239 g/mol. The molecule has 1 aromatic heterocycles. The van der Waals surface area contributed by atoms with Crippen LogP contribution < -0.4 is 10.6 Å². The van der Waals surface area contributed by atoms with Gasteiger partial charge in [0.1, 0.15) is 0 Å². The van der Waals surface area contributed by atoms with Crippen molar-refractivity contribution in [1.82, 2.24) is 4.98 Å². The van der Waals surface area contributed by atoms with Crippen LogP contribution >= 0.6 is 0 Å². The van der Waals surface area contributed by atoms with E-state index in [2.05, 4.69) is 9.72 Å². The molecule has 0 aliphatic rings. The van der Waals surface area contributed by atoms with Crippen molar-refractivity contribution in [2.45, 2.75) is 13.0 Å². The number of hydrogen-bond donors (Lipinski definition) is 2. The van der Waals surface area contributed by atoms with Crippen LogP contribution in [0.15, 0.2) is 12.3 Å². The van der Waals surface area contributed by atoms with Crippen LogP contribution in [0, 0.1) is 0 Å². The Kier molecular flexibility index (Phi) is 4.28. The SMILES string of the molecule is COC(=O)c1ccnc(N(C)C(C)CO)c1N. The van der Waals surface area contributed by atoms with Crippen LogP contribution in [0.2, 0.25) is 0 Å². The zero-order valence-electron chi connectivity index (χ0n) is 10.2. The van der Waals surface area contributed by atoms with E-state index < -0.39 is 5.97 Å². The number of carbonyl (C=O) groups excluding carboxylic acids is 1. The van der Waals surface area contributed by atoms with Gasteiger partial charge in [-0.05, 0) is 13.0 Å². The Hall–Kier alpha value is -1.82. The molecule has 0 aromatic carbocycles. The first-order valence-electron chi connectivity index (χ1n) is 5.19. The van der Waals surface area contributed by atoms with Crippen molar-refractivity contribution >= 4 is 17.5 Å². The number of likely N-dealkylation sites (N-methyl/N-ethyl adjacent to an activating group) is 1. The number of nitrogens with two attached hydrogens (primary N) is 1. The minimum absolute atomic E-state index is 0.0277. The second kappa shape index (κ2) is 5.49. The summed E-state index contributed by atoms with van der Waals surface area (Å²) in [5, 5.41) is 9.08. The van der Waals surface area contributed by atoms with Gasteiger partial charge < -0.3 is 20.5 Å². The molecule has 17 heavy (non-hydrogen) atoms. The fourth-order valence-electron chi connectivity index (χ4n) is 1.36. The summed E-state index contributed by atoms with van der Waals surface area (Å²) in [6, 6.07) is 1.36. The van der Waals surface area contributed by atoms with Gasteiger partial charge in [0, 0.05) is 13.2 Å². The van der Waals surface area contributed by atoms with E-state index in [1.54, 1.807) is 11.9 Å². The van der Waals surface area contributed by atoms with Crippen LogP contribution in [0.1, 0.15) is 17.3 Å². The van der Waals surface area contributed by atoms with E-state index in [9.17, 15) is 4.79 Å². The van der Waals surface area contributed by atoms with Crippen LogP contribution in [-0.4, -0.2) is 42.9 Å². The highest BCUT2D eigenvalue weighted by Crippen LogP contribution is 2.24. The van der Waals surface area contributed by atoms with Gasteiger partial charge in [0.25, 0.3) is 0 Å². The minimum Gasteiger partial charge on any atom is -0.465 e. The number of carbonyl (C=O) groups is 1. The van der Waals surface area contributed by atoms with E-state index in [0.717, 1.165) is 0 Å². The first-order chi connectivity index (χ1) is 8.02. The molecule has 0 bridgehead atoms. The first-order valence-corrected chi connectivity index (χ1v) is 5.19. The van der Waals surface area contributed by atoms with Crippen molar-refractivity contribution in [3.63, 3.8) is 0 Å². The van der Waals surface area contributed by atoms with Crippen LogP contribution in [0.5, 0.6) is 0 Å². The number of aromatic nitrogens is 1. The number of anilines is 2. The number of aliphatic hydroxyl groups excluding tert-OH is 1. The number of pyridine rings is 1. The van der Waals surface area contributed by atoms with Gasteiger partial charge in [0.2, 0.25) is 0 Å². The highest BCUT2D eigenvalue weighted by Gasteiger charge is 2.18. The molecule has 3 N–H and O–H groups in total. The predicted octanol–water partition coefficient (Wildman–Crippen LogP) is 0.267. The molecule has 0 radical (unpaired) electrons. The van der Waals surface area contributed by atoms with Crippen LogP contribution in [-0.2, 0) is 4.74 Å². The number of rotatable bonds is 4. The fourth-order valence-corrected chi connectivity index (χ4v) is 1.36. The van der Waals surface area contributed by atoms with Crippen LogP contribution in [0.3, 0.4) is 0 Å². The van der Waals surface area contributed by atoms with Crippen molar-refractivity contribution in [3.8, 4) is 0 Å². The molecular formula is C11H17N3O3. The smallest absolute Gasteiger partial charge is 0.340 e. The second-order valence-corrected chi connectivity index (χ2v) is 3.73. The van der Waals surface area contributed by atoms with Gasteiger partial charge in [0.15, 0.2) is 5.82 Å². The number of ether oxygens (including phenoxy) is 1. The van der Waals surface area contributed by atoms with Crippen molar-refractivity contribution in [1.29, 1.82) is 0 Å². The van der Waals surface area contributed by atoms with Gasteiger partial charge in [-0.1, -0.05) is 0 Å².